The zero-order valence-electron chi connectivity index (χ0n) is 9.21. The number of fused-ring (bicyclic) bond motifs is 1. The largest absolute Gasteiger partial charge is 0.240 e. The Morgan fingerprint density at radius 2 is 2.24 bits per heavy atom. The van der Waals surface area contributed by atoms with Crippen molar-refractivity contribution in [1.82, 2.24) is 9.66 Å². The molecular formula is C11H10ClN5. The monoisotopic (exact) mass is 247 g/mol. The van der Waals surface area contributed by atoms with Crippen molar-refractivity contribution in [2.45, 2.75) is 13.5 Å². The predicted octanol–water partition coefficient (Wildman–Crippen LogP) is 3.00. The van der Waals surface area contributed by atoms with Crippen molar-refractivity contribution in [3.05, 3.63) is 47.0 Å². The van der Waals surface area contributed by atoms with Crippen LogP contribution in [0.4, 0.5) is 5.69 Å². The minimum Gasteiger partial charge on any atom is -0.240 e. The molecule has 0 spiro atoms. The number of benzene rings is 1. The van der Waals surface area contributed by atoms with Crippen molar-refractivity contribution < 1.29 is 0 Å². The van der Waals surface area contributed by atoms with Crippen molar-refractivity contribution in [1.29, 1.82) is 0 Å². The van der Waals surface area contributed by atoms with Gasteiger partial charge in [0.25, 0.3) is 0 Å². The molecule has 1 aromatic carbocycles. The molecule has 86 valence electrons. The summed E-state index contributed by atoms with van der Waals surface area (Å²) in [7, 11) is 0. The lowest BCUT2D eigenvalue weighted by Crippen LogP contribution is -2.29. The maximum absolute atomic E-state index is 5.91. The number of rotatable bonds is 1. The van der Waals surface area contributed by atoms with Gasteiger partial charge in [0.15, 0.2) is 0 Å². The Morgan fingerprint density at radius 1 is 1.35 bits per heavy atom. The lowest BCUT2D eigenvalue weighted by atomic mass is 10.2. The number of imidazole rings is 1. The lowest BCUT2D eigenvalue weighted by Gasteiger charge is -2.23. The topological polar surface area (TPSA) is 45.8 Å². The Hall–Kier alpha value is -1.88. The number of aromatic nitrogens is 2. The predicted molar refractivity (Wildman–Crippen MR) is 64.9 cm³/mol. The van der Waals surface area contributed by atoms with E-state index in [0.29, 0.717) is 11.6 Å². The Kier molecular flexibility index (Phi) is 2.33. The van der Waals surface area contributed by atoms with Crippen LogP contribution in [0.3, 0.4) is 0 Å². The molecule has 0 amide bonds. The molecule has 17 heavy (non-hydrogen) atoms. The summed E-state index contributed by atoms with van der Waals surface area (Å²) in [4.78, 5) is 4.16. The fourth-order valence-corrected chi connectivity index (χ4v) is 1.95. The fourth-order valence-electron chi connectivity index (χ4n) is 1.78. The van der Waals surface area contributed by atoms with Gasteiger partial charge in [-0.1, -0.05) is 17.7 Å². The normalized spacial score (nSPS) is 13.9. The molecule has 6 heteroatoms. The molecule has 1 aliphatic rings. The van der Waals surface area contributed by atoms with Crippen LogP contribution in [0.25, 0.3) is 0 Å². The summed E-state index contributed by atoms with van der Waals surface area (Å²) in [6.07, 6.45) is 3.59. The maximum atomic E-state index is 5.91. The molecule has 0 saturated carbocycles. The minimum absolute atomic E-state index is 0.660. The van der Waals surface area contributed by atoms with Gasteiger partial charge in [0.05, 0.1) is 12.2 Å². The summed E-state index contributed by atoms with van der Waals surface area (Å²) >= 11 is 5.91. The van der Waals surface area contributed by atoms with Crippen molar-refractivity contribution in [2.24, 2.45) is 10.3 Å². The van der Waals surface area contributed by atoms with Crippen LogP contribution in [0, 0.1) is 6.92 Å². The molecule has 1 aromatic heterocycles. The Bertz CT molecular complexity index is 589. The van der Waals surface area contributed by atoms with Gasteiger partial charge in [-0.25, -0.2) is 9.66 Å². The van der Waals surface area contributed by atoms with Gasteiger partial charge in [0, 0.05) is 23.0 Å². The molecular weight excluding hydrogens is 238 g/mol. The number of aryl methyl sites for hydroxylation is 1. The highest BCUT2D eigenvalue weighted by molar-refractivity contribution is 6.30. The van der Waals surface area contributed by atoms with E-state index in [4.69, 9.17) is 11.6 Å². The van der Waals surface area contributed by atoms with Crippen molar-refractivity contribution >= 4 is 17.3 Å². The first-order chi connectivity index (χ1) is 8.24. The summed E-state index contributed by atoms with van der Waals surface area (Å²) in [5.41, 5.74) is 1.92. The van der Waals surface area contributed by atoms with E-state index in [1.807, 2.05) is 36.0 Å². The molecule has 2 aromatic rings. The second-order valence-corrected chi connectivity index (χ2v) is 4.25. The van der Waals surface area contributed by atoms with Crippen LogP contribution in [0.15, 0.2) is 40.9 Å². The van der Waals surface area contributed by atoms with Gasteiger partial charge in [-0.2, -0.15) is 5.12 Å². The molecule has 5 nitrogen and oxygen atoms in total. The van der Waals surface area contributed by atoms with Gasteiger partial charge in [-0.15, -0.1) is 5.11 Å². The standard InChI is InChI=1S/C11H10ClN5/c1-8-13-4-5-16(8)17-7-9-2-3-10(12)6-11(9)14-15-17/h2-6H,7H2,1H3. The van der Waals surface area contributed by atoms with E-state index in [-0.39, 0.29) is 0 Å². The molecule has 3 rings (SSSR count). The van der Waals surface area contributed by atoms with Gasteiger partial charge < -0.3 is 0 Å². The molecule has 0 fully saturated rings. The zero-order chi connectivity index (χ0) is 11.8. The second-order valence-electron chi connectivity index (χ2n) is 3.81. The van der Waals surface area contributed by atoms with E-state index in [0.717, 1.165) is 17.1 Å². The van der Waals surface area contributed by atoms with Crippen molar-refractivity contribution in [2.75, 3.05) is 5.12 Å². The first-order valence-electron chi connectivity index (χ1n) is 5.22. The average molecular weight is 248 g/mol. The van der Waals surface area contributed by atoms with E-state index in [2.05, 4.69) is 15.3 Å². The number of halogens is 1. The smallest absolute Gasteiger partial charge is 0.126 e. The quantitative estimate of drug-likeness (QED) is 0.778. The summed E-state index contributed by atoms with van der Waals surface area (Å²) in [6.45, 7) is 2.58. The number of hydrogen-bond acceptors (Lipinski definition) is 4. The van der Waals surface area contributed by atoms with Crippen molar-refractivity contribution in [3.63, 3.8) is 0 Å². The summed E-state index contributed by atoms with van der Waals surface area (Å²) < 4.78 is 1.86. The minimum atomic E-state index is 0.660. The first-order valence-corrected chi connectivity index (χ1v) is 5.60. The van der Waals surface area contributed by atoms with Crippen LogP contribution in [-0.4, -0.2) is 9.66 Å². The Morgan fingerprint density at radius 3 is 3.00 bits per heavy atom. The molecule has 0 radical (unpaired) electrons. The highest BCUT2D eigenvalue weighted by atomic mass is 35.5. The van der Waals surface area contributed by atoms with Crippen LogP contribution >= 0.6 is 11.6 Å². The third-order valence-corrected chi connectivity index (χ3v) is 2.90. The zero-order valence-corrected chi connectivity index (χ0v) is 9.96. The van der Waals surface area contributed by atoms with Crippen LogP contribution in [0.1, 0.15) is 11.4 Å². The third-order valence-electron chi connectivity index (χ3n) is 2.66. The van der Waals surface area contributed by atoms with E-state index in [9.17, 15) is 0 Å². The molecule has 2 heterocycles. The van der Waals surface area contributed by atoms with E-state index < -0.39 is 0 Å². The van der Waals surface area contributed by atoms with Crippen LogP contribution in [-0.2, 0) is 6.54 Å². The van der Waals surface area contributed by atoms with E-state index in [1.54, 1.807) is 11.3 Å². The van der Waals surface area contributed by atoms with Gasteiger partial charge in [-0.05, 0) is 24.3 Å². The van der Waals surface area contributed by atoms with Crippen LogP contribution in [0.2, 0.25) is 5.02 Å². The van der Waals surface area contributed by atoms with Gasteiger partial charge in [0.1, 0.15) is 5.82 Å². The molecule has 0 N–H and O–H groups in total. The average Bonchev–Trinajstić information content (AvgIpc) is 2.75. The Balaban J connectivity index is 1.97. The fraction of sp³-hybridized carbons (Fsp3) is 0.182. The molecule has 0 unspecified atom stereocenters. The lowest BCUT2D eigenvalue weighted by molar-refractivity contribution is 0.554. The Labute approximate surface area is 103 Å². The number of nitrogens with zero attached hydrogens (tertiary/aromatic N) is 5. The van der Waals surface area contributed by atoms with Crippen LogP contribution in [0.5, 0.6) is 0 Å². The second kappa shape index (κ2) is 3.85. The molecule has 0 bridgehead atoms. The first kappa shape index (κ1) is 10.3. The van der Waals surface area contributed by atoms with Crippen molar-refractivity contribution in [3.8, 4) is 0 Å². The van der Waals surface area contributed by atoms with Gasteiger partial charge >= 0.3 is 0 Å². The molecule has 0 atom stereocenters. The molecule has 1 aliphatic heterocycles. The third kappa shape index (κ3) is 1.78. The SMILES string of the molecule is Cc1nccn1N1Cc2ccc(Cl)cc2N=N1. The maximum Gasteiger partial charge on any atom is 0.126 e. The summed E-state index contributed by atoms with van der Waals surface area (Å²) in [5.74, 6) is 0.876. The van der Waals surface area contributed by atoms with E-state index in [1.165, 1.54) is 0 Å². The molecule has 0 aliphatic carbocycles. The highest BCUT2D eigenvalue weighted by Crippen LogP contribution is 2.28. The van der Waals surface area contributed by atoms with Gasteiger partial charge in [-0.3, -0.25) is 0 Å². The number of hydrogen-bond donors (Lipinski definition) is 0. The summed E-state index contributed by atoms with van der Waals surface area (Å²) in [6, 6.07) is 5.65. The summed E-state index contributed by atoms with van der Waals surface area (Å²) in [5, 5.41) is 10.7. The van der Waals surface area contributed by atoms with Crippen LogP contribution < -0.4 is 5.12 Å². The van der Waals surface area contributed by atoms with E-state index >= 15 is 0 Å². The highest BCUT2D eigenvalue weighted by Gasteiger charge is 2.15. The van der Waals surface area contributed by atoms with Gasteiger partial charge in [0.2, 0.25) is 0 Å². The molecule has 0 saturated heterocycles.